The SMILES string of the molecule is Cc1cnccc1N1CCOC(CBr)C1. The third-order valence-corrected chi connectivity index (χ3v) is 3.36. The van der Waals surface area contributed by atoms with E-state index in [4.69, 9.17) is 4.74 Å². The first-order valence-electron chi connectivity index (χ1n) is 5.14. The molecule has 0 saturated carbocycles. The summed E-state index contributed by atoms with van der Waals surface area (Å²) >= 11 is 3.47. The van der Waals surface area contributed by atoms with Crippen molar-refractivity contribution in [2.45, 2.75) is 13.0 Å². The number of nitrogens with zero attached hydrogens (tertiary/aromatic N) is 2. The molecule has 82 valence electrons. The zero-order valence-corrected chi connectivity index (χ0v) is 10.4. The highest BCUT2D eigenvalue weighted by atomic mass is 79.9. The Kier molecular flexibility index (Phi) is 3.59. The first-order chi connectivity index (χ1) is 7.31. The number of ether oxygens (including phenoxy) is 1. The maximum atomic E-state index is 5.61. The zero-order valence-electron chi connectivity index (χ0n) is 8.82. The Bertz CT molecular complexity index is 332. The molecule has 2 heterocycles. The maximum absolute atomic E-state index is 5.61. The molecule has 1 aromatic heterocycles. The maximum Gasteiger partial charge on any atom is 0.0847 e. The predicted octanol–water partition coefficient (Wildman–Crippen LogP) is 1.99. The van der Waals surface area contributed by atoms with Crippen LogP contribution >= 0.6 is 15.9 Å². The summed E-state index contributed by atoms with van der Waals surface area (Å²) in [6.45, 7) is 4.82. The Hall–Kier alpha value is -0.610. The molecule has 1 saturated heterocycles. The van der Waals surface area contributed by atoms with Crippen LogP contribution in [-0.4, -0.2) is 36.1 Å². The molecular formula is C11H15BrN2O. The van der Waals surface area contributed by atoms with Crippen molar-refractivity contribution >= 4 is 21.6 Å². The number of alkyl halides is 1. The Balaban J connectivity index is 2.13. The molecule has 0 N–H and O–H groups in total. The van der Waals surface area contributed by atoms with Crippen LogP contribution in [0.2, 0.25) is 0 Å². The van der Waals surface area contributed by atoms with Gasteiger partial charge in [0.2, 0.25) is 0 Å². The van der Waals surface area contributed by atoms with E-state index in [1.54, 1.807) is 0 Å². The van der Waals surface area contributed by atoms with Crippen molar-refractivity contribution < 1.29 is 4.74 Å². The molecule has 1 aliphatic rings. The molecule has 0 radical (unpaired) electrons. The average Bonchev–Trinajstić information content (AvgIpc) is 2.30. The Morgan fingerprint density at radius 1 is 1.67 bits per heavy atom. The molecular weight excluding hydrogens is 256 g/mol. The molecule has 0 amide bonds. The van der Waals surface area contributed by atoms with Gasteiger partial charge >= 0.3 is 0 Å². The van der Waals surface area contributed by atoms with Crippen LogP contribution in [0.25, 0.3) is 0 Å². The zero-order chi connectivity index (χ0) is 10.7. The topological polar surface area (TPSA) is 25.4 Å². The second-order valence-electron chi connectivity index (χ2n) is 3.76. The lowest BCUT2D eigenvalue weighted by molar-refractivity contribution is 0.0570. The van der Waals surface area contributed by atoms with Gasteiger partial charge in [0.05, 0.1) is 12.7 Å². The highest BCUT2D eigenvalue weighted by Crippen LogP contribution is 2.21. The molecule has 1 aliphatic heterocycles. The van der Waals surface area contributed by atoms with E-state index in [-0.39, 0.29) is 0 Å². The van der Waals surface area contributed by atoms with E-state index in [1.807, 2.05) is 12.4 Å². The second-order valence-corrected chi connectivity index (χ2v) is 4.40. The van der Waals surface area contributed by atoms with E-state index >= 15 is 0 Å². The first-order valence-corrected chi connectivity index (χ1v) is 6.26. The summed E-state index contributed by atoms with van der Waals surface area (Å²) in [7, 11) is 0. The summed E-state index contributed by atoms with van der Waals surface area (Å²) in [4.78, 5) is 6.48. The minimum atomic E-state index is 0.298. The molecule has 1 fully saturated rings. The molecule has 15 heavy (non-hydrogen) atoms. The molecule has 4 heteroatoms. The van der Waals surface area contributed by atoms with Gasteiger partial charge in [-0.15, -0.1) is 0 Å². The Morgan fingerprint density at radius 3 is 3.27 bits per heavy atom. The van der Waals surface area contributed by atoms with Crippen molar-refractivity contribution in [1.29, 1.82) is 0 Å². The van der Waals surface area contributed by atoms with Crippen LogP contribution < -0.4 is 4.90 Å². The number of aromatic nitrogens is 1. The number of morpholine rings is 1. The van der Waals surface area contributed by atoms with Gasteiger partial charge in [0.25, 0.3) is 0 Å². The fourth-order valence-corrected chi connectivity index (χ4v) is 2.24. The lowest BCUT2D eigenvalue weighted by atomic mass is 10.2. The third-order valence-electron chi connectivity index (χ3n) is 2.64. The van der Waals surface area contributed by atoms with Crippen LogP contribution in [0.1, 0.15) is 5.56 Å². The van der Waals surface area contributed by atoms with E-state index < -0.39 is 0 Å². The van der Waals surface area contributed by atoms with Crippen LogP contribution in [0.4, 0.5) is 5.69 Å². The number of anilines is 1. The minimum Gasteiger partial charge on any atom is -0.374 e. The van der Waals surface area contributed by atoms with E-state index in [2.05, 4.69) is 38.8 Å². The summed E-state index contributed by atoms with van der Waals surface area (Å²) in [6, 6.07) is 2.08. The largest absolute Gasteiger partial charge is 0.374 e. The fraction of sp³-hybridized carbons (Fsp3) is 0.545. The van der Waals surface area contributed by atoms with Gasteiger partial charge in [0.1, 0.15) is 0 Å². The number of hydrogen-bond acceptors (Lipinski definition) is 3. The lowest BCUT2D eigenvalue weighted by Crippen LogP contribution is -2.43. The fourth-order valence-electron chi connectivity index (χ4n) is 1.85. The van der Waals surface area contributed by atoms with Crippen molar-refractivity contribution in [3.05, 3.63) is 24.0 Å². The molecule has 0 bridgehead atoms. The van der Waals surface area contributed by atoms with Crippen molar-refractivity contribution in [3.63, 3.8) is 0 Å². The Morgan fingerprint density at radius 2 is 2.53 bits per heavy atom. The van der Waals surface area contributed by atoms with Crippen LogP contribution in [0.3, 0.4) is 0 Å². The van der Waals surface area contributed by atoms with Crippen molar-refractivity contribution in [2.75, 3.05) is 29.9 Å². The van der Waals surface area contributed by atoms with Crippen LogP contribution in [0.15, 0.2) is 18.5 Å². The quantitative estimate of drug-likeness (QED) is 0.769. The highest BCUT2D eigenvalue weighted by molar-refractivity contribution is 9.09. The molecule has 1 atom stereocenters. The van der Waals surface area contributed by atoms with Crippen LogP contribution in [-0.2, 0) is 4.74 Å². The number of pyridine rings is 1. The number of aryl methyl sites for hydroxylation is 1. The molecule has 0 aliphatic carbocycles. The smallest absolute Gasteiger partial charge is 0.0847 e. The standard InChI is InChI=1S/C11H15BrN2O/c1-9-7-13-3-2-11(9)14-4-5-15-10(6-12)8-14/h2-3,7,10H,4-6,8H2,1H3. The normalized spacial score (nSPS) is 21.7. The van der Waals surface area contributed by atoms with Crippen molar-refractivity contribution in [1.82, 2.24) is 4.98 Å². The molecule has 0 spiro atoms. The third kappa shape index (κ3) is 2.49. The van der Waals surface area contributed by atoms with Gasteiger partial charge < -0.3 is 9.64 Å². The van der Waals surface area contributed by atoms with E-state index in [9.17, 15) is 0 Å². The summed E-state index contributed by atoms with van der Waals surface area (Å²) in [5, 5.41) is 0.896. The second kappa shape index (κ2) is 4.94. The number of hydrogen-bond donors (Lipinski definition) is 0. The van der Waals surface area contributed by atoms with Crippen LogP contribution in [0.5, 0.6) is 0 Å². The van der Waals surface area contributed by atoms with E-state index in [0.29, 0.717) is 6.10 Å². The number of rotatable bonds is 2. The van der Waals surface area contributed by atoms with Crippen molar-refractivity contribution in [2.24, 2.45) is 0 Å². The summed E-state index contributed by atoms with van der Waals surface area (Å²) in [6.07, 6.45) is 4.06. The monoisotopic (exact) mass is 270 g/mol. The molecule has 3 nitrogen and oxygen atoms in total. The van der Waals surface area contributed by atoms with E-state index in [1.165, 1.54) is 11.3 Å². The van der Waals surface area contributed by atoms with Gasteiger partial charge in [-0.2, -0.15) is 0 Å². The minimum absolute atomic E-state index is 0.298. The van der Waals surface area contributed by atoms with Gasteiger partial charge in [0.15, 0.2) is 0 Å². The van der Waals surface area contributed by atoms with Gasteiger partial charge in [-0.05, 0) is 18.6 Å². The molecule has 2 rings (SSSR count). The van der Waals surface area contributed by atoms with Gasteiger partial charge in [-0.1, -0.05) is 15.9 Å². The van der Waals surface area contributed by atoms with E-state index in [0.717, 1.165) is 25.0 Å². The average molecular weight is 271 g/mol. The highest BCUT2D eigenvalue weighted by Gasteiger charge is 2.20. The van der Waals surface area contributed by atoms with Gasteiger partial charge in [-0.3, -0.25) is 4.98 Å². The number of halogens is 1. The van der Waals surface area contributed by atoms with Gasteiger partial charge in [-0.25, -0.2) is 0 Å². The lowest BCUT2D eigenvalue weighted by Gasteiger charge is -2.34. The first kappa shape index (κ1) is 10.9. The van der Waals surface area contributed by atoms with Crippen LogP contribution in [0, 0.1) is 6.92 Å². The summed E-state index contributed by atoms with van der Waals surface area (Å²) in [5.74, 6) is 0. The molecule has 0 aromatic carbocycles. The Labute approximate surface area is 98.6 Å². The summed E-state index contributed by atoms with van der Waals surface area (Å²) < 4.78 is 5.61. The molecule has 1 unspecified atom stereocenters. The van der Waals surface area contributed by atoms with Gasteiger partial charge in [0, 0.05) is 36.5 Å². The summed E-state index contributed by atoms with van der Waals surface area (Å²) in [5.41, 5.74) is 2.51. The molecule has 1 aromatic rings. The van der Waals surface area contributed by atoms with Crippen molar-refractivity contribution in [3.8, 4) is 0 Å². The predicted molar refractivity (Wildman–Crippen MR) is 64.7 cm³/mol.